The van der Waals surface area contributed by atoms with Crippen LogP contribution in [0.15, 0.2) is 109 Å². The third kappa shape index (κ3) is 30.1. The fourth-order valence-electron chi connectivity index (χ4n) is 6.08. The summed E-state index contributed by atoms with van der Waals surface area (Å²) in [6.07, 6.45) is 41.6. The molecule has 0 radical (unpaired) electrons. The van der Waals surface area contributed by atoms with Crippen molar-refractivity contribution in [3.05, 3.63) is 109 Å². The maximum atomic E-state index is 12.8. The molecule has 0 aromatic heterocycles. The zero-order valence-electron chi connectivity index (χ0n) is 37.4. The Morgan fingerprint density at radius 2 is 0.903 bits per heavy atom. The van der Waals surface area contributed by atoms with E-state index in [1.807, 2.05) is 0 Å². The van der Waals surface area contributed by atoms with E-state index in [1.165, 1.54) is 0 Å². The standard InChI is InChI=1S/C49H79O12P/c1-3-5-7-9-11-13-15-17-19-20-21-22-23-25-27-29-31-33-35-37-39-58-40-42(41-59-62(56,57)61-49-47(54)45(52)44(51)46(53)48(49)55)60-43(50)38-36-34-32-30-28-26-24-18-16-14-12-10-8-6-4-2/h5-8,11-14,17-19,21-22,24-25,27-28,30,42,44-49,51-55H,3-4,9-10,15-16,20,23,26,29,31-41H2,1-2H3,(H,56,57)/b7-5-,8-6-,13-11-,14-12-,19-17-,22-21-,24-18-,27-25-,30-28-. The summed E-state index contributed by atoms with van der Waals surface area (Å²) < 4.78 is 34.1. The second kappa shape index (κ2) is 38.5. The van der Waals surface area contributed by atoms with Crippen molar-refractivity contribution in [3.8, 4) is 0 Å². The van der Waals surface area contributed by atoms with E-state index in [4.69, 9.17) is 18.5 Å². The fraction of sp³-hybridized carbons (Fsp3) is 0.612. The van der Waals surface area contributed by atoms with E-state index < -0.39 is 63.1 Å². The molecule has 13 heteroatoms. The van der Waals surface area contributed by atoms with Crippen LogP contribution in [0.1, 0.15) is 129 Å². The van der Waals surface area contributed by atoms with Gasteiger partial charge in [0, 0.05) is 13.0 Å². The minimum Gasteiger partial charge on any atom is -0.457 e. The molecule has 12 nitrogen and oxygen atoms in total. The number of esters is 1. The molecule has 1 saturated carbocycles. The quantitative estimate of drug-likeness (QED) is 0.0151. The minimum absolute atomic E-state index is 0.119. The third-order valence-electron chi connectivity index (χ3n) is 9.64. The Bertz CT molecular complexity index is 1430. The molecule has 1 fully saturated rings. The van der Waals surface area contributed by atoms with Crippen molar-refractivity contribution in [2.45, 2.75) is 172 Å². The summed E-state index contributed by atoms with van der Waals surface area (Å²) >= 11 is 0. The number of phosphoric ester groups is 1. The normalized spacial score (nSPS) is 23.0. The predicted octanol–water partition coefficient (Wildman–Crippen LogP) is 9.30. The van der Waals surface area contributed by atoms with Crippen molar-refractivity contribution in [3.63, 3.8) is 0 Å². The van der Waals surface area contributed by atoms with Gasteiger partial charge in [-0.05, 0) is 96.3 Å². The predicted molar refractivity (Wildman–Crippen MR) is 248 cm³/mol. The highest BCUT2D eigenvalue weighted by Gasteiger charge is 2.51. The molecule has 0 spiro atoms. The van der Waals surface area contributed by atoms with Crippen molar-refractivity contribution in [2.75, 3.05) is 19.8 Å². The molecule has 1 rings (SSSR count). The second-order valence-electron chi connectivity index (χ2n) is 15.1. The molecule has 0 amide bonds. The number of rotatable bonds is 36. The van der Waals surface area contributed by atoms with Crippen LogP contribution in [0.3, 0.4) is 0 Å². The number of aliphatic hydroxyl groups is 5. The summed E-state index contributed by atoms with van der Waals surface area (Å²) in [6.45, 7) is 3.89. The number of ether oxygens (including phenoxy) is 2. The molecule has 0 aromatic rings. The smallest absolute Gasteiger partial charge is 0.457 e. The molecule has 6 atom stereocenters. The number of hydrogen-bond donors (Lipinski definition) is 6. The van der Waals surface area contributed by atoms with Gasteiger partial charge in [0.15, 0.2) is 0 Å². The number of aliphatic hydroxyl groups excluding tert-OH is 5. The molecule has 0 saturated heterocycles. The minimum atomic E-state index is -5.05. The van der Waals surface area contributed by atoms with E-state index in [0.29, 0.717) is 13.0 Å². The van der Waals surface area contributed by atoms with E-state index in [0.717, 1.165) is 103 Å². The van der Waals surface area contributed by atoms with Crippen LogP contribution < -0.4 is 0 Å². The van der Waals surface area contributed by atoms with Gasteiger partial charge in [-0.1, -0.05) is 136 Å². The summed E-state index contributed by atoms with van der Waals surface area (Å²) in [6, 6.07) is 0. The first kappa shape index (κ1) is 57.0. The lowest BCUT2D eigenvalue weighted by Gasteiger charge is -2.41. The number of carbonyl (C=O) groups excluding carboxylic acids is 1. The van der Waals surface area contributed by atoms with Gasteiger partial charge in [0.2, 0.25) is 0 Å². The van der Waals surface area contributed by atoms with E-state index in [-0.39, 0.29) is 13.0 Å². The van der Waals surface area contributed by atoms with Gasteiger partial charge in [0.25, 0.3) is 0 Å². The molecular formula is C49H79O12P. The topological polar surface area (TPSA) is 192 Å². The summed E-state index contributed by atoms with van der Waals surface area (Å²) in [7, 11) is -5.05. The van der Waals surface area contributed by atoms with E-state index in [1.54, 1.807) is 0 Å². The lowest BCUT2D eigenvalue weighted by molar-refractivity contribution is -0.220. The Labute approximate surface area is 372 Å². The van der Waals surface area contributed by atoms with Crippen LogP contribution >= 0.6 is 7.82 Å². The molecule has 6 N–H and O–H groups in total. The van der Waals surface area contributed by atoms with Gasteiger partial charge >= 0.3 is 13.8 Å². The van der Waals surface area contributed by atoms with Crippen LogP contribution in [0.4, 0.5) is 0 Å². The molecule has 0 aliphatic heterocycles. The molecule has 1 aliphatic carbocycles. The van der Waals surface area contributed by atoms with Gasteiger partial charge < -0.3 is 39.9 Å². The molecule has 1 aliphatic rings. The second-order valence-corrected chi connectivity index (χ2v) is 16.5. The van der Waals surface area contributed by atoms with Crippen molar-refractivity contribution in [1.82, 2.24) is 0 Å². The number of carbonyl (C=O) groups is 1. The molecule has 0 heterocycles. The number of hydrogen-bond acceptors (Lipinski definition) is 11. The lowest BCUT2D eigenvalue weighted by Crippen LogP contribution is -2.64. The average molecular weight is 891 g/mol. The first-order valence-corrected chi connectivity index (χ1v) is 24.2. The van der Waals surface area contributed by atoms with Gasteiger partial charge in [-0.15, -0.1) is 0 Å². The summed E-state index contributed by atoms with van der Waals surface area (Å²) in [5.41, 5.74) is 0. The first-order valence-electron chi connectivity index (χ1n) is 22.7. The van der Waals surface area contributed by atoms with Crippen LogP contribution in [-0.4, -0.2) is 98.9 Å². The fourth-order valence-corrected chi connectivity index (χ4v) is 7.05. The monoisotopic (exact) mass is 891 g/mol. The van der Waals surface area contributed by atoms with Crippen molar-refractivity contribution in [2.24, 2.45) is 0 Å². The van der Waals surface area contributed by atoms with Crippen LogP contribution in [0.25, 0.3) is 0 Å². The van der Waals surface area contributed by atoms with Gasteiger partial charge in [-0.25, -0.2) is 4.57 Å². The van der Waals surface area contributed by atoms with E-state index in [9.17, 15) is 39.8 Å². The van der Waals surface area contributed by atoms with Crippen molar-refractivity contribution in [1.29, 1.82) is 0 Å². The van der Waals surface area contributed by atoms with Crippen molar-refractivity contribution >= 4 is 13.8 Å². The molecule has 62 heavy (non-hydrogen) atoms. The highest BCUT2D eigenvalue weighted by atomic mass is 31.2. The average Bonchev–Trinajstić information content (AvgIpc) is 3.26. The molecular weight excluding hydrogens is 812 g/mol. The van der Waals surface area contributed by atoms with E-state index >= 15 is 0 Å². The van der Waals surface area contributed by atoms with E-state index in [2.05, 4.69) is 123 Å². The number of allylic oxidation sites excluding steroid dienone is 18. The molecule has 0 aromatic carbocycles. The summed E-state index contributed by atoms with van der Waals surface area (Å²) in [5, 5.41) is 50.2. The third-order valence-corrected chi connectivity index (χ3v) is 10.6. The van der Waals surface area contributed by atoms with Gasteiger partial charge in [-0.3, -0.25) is 13.8 Å². The zero-order valence-corrected chi connectivity index (χ0v) is 38.3. The lowest BCUT2D eigenvalue weighted by atomic mass is 9.85. The Kier molecular flexibility index (Phi) is 35.4. The number of phosphoric acid groups is 1. The summed E-state index contributed by atoms with van der Waals surface area (Å²) in [4.78, 5) is 23.1. The Hall–Kier alpha value is -3.00. The molecule has 0 bridgehead atoms. The first-order chi connectivity index (χ1) is 30.0. The molecule has 352 valence electrons. The van der Waals surface area contributed by atoms with Crippen LogP contribution in [0.5, 0.6) is 0 Å². The van der Waals surface area contributed by atoms with Crippen LogP contribution in [0, 0.1) is 0 Å². The van der Waals surface area contributed by atoms with Crippen molar-refractivity contribution < 1.29 is 58.3 Å². The van der Waals surface area contributed by atoms with Gasteiger partial charge in [0.1, 0.15) is 42.7 Å². The highest BCUT2D eigenvalue weighted by molar-refractivity contribution is 7.47. The zero-order chi connectivity index (χ0) is 45.5. The van der Waals surface area contributed by atoms with Gasteiger partial charge in [-0.2, -0.15) is 0 Å². The summed E-state index contributed by atoms with van der Waals surface area (Å²) in [5.74, 6) is -0.533. The Morgan fingerprint density at radius 1 is 0.516 bits per heavy atom. The Balaban J connectivity index is 2.46. The van der Waals surface area contributed by atoms with Crippen LogP contribution in [0.2, 0.25) is 0 Å². The maximum absolute atomic E-state index is 12.8. The Morgan fingerprint density at radius 3 is 1.35 bits per heavy atom. The van der Waals surface area contributed by atoms with Crippen LogP contribution in [-0.2, 0) is 27.9 Å². The number of unbranched alkanes of at least 4 members (excludes halogenated alkanes) is 6. The highest BCUT2D eigenvalue weighted by Crippen LogP contribution is 2.47. The van der Waals surface area contributed by atoms with Gasteiger partial charge in [0.05, 0.1) is 13.2 Å². The largest absolute Gasteiger partial charge is 0.472 e. The maximum Gasteiger partial charge on any atom is 0.472 e. The SMILES string of the molecule is CC/C=C\C/C=C\C/C=C\C/C=C\C/C=C\CCCCCCOCC(COP(=O)(O)OC1C(O)C(O)C(O)C(O)C1O)OC(=O)CCCC/C=C\C/C=C\C/C=C\C/C=C\CC. The molecule has 6 unspecified atom stereocenters.